The summed E-state index contributed by atoms with van der Waals surface area (Å²) in [5, 5.41) is 13.8. The molecule has 0 aliphatic carbocycles. The highest BCUT2D eigenvalue weighted by Crippen LogP contribution is 2.31. The van der Waals surface area contributed by atoms with Gasteiger partial charge in [-0.25, -0.2) is 4.68 Å². The van der Waals surface area contributed by atoms with Crippen molar-refractivity contribution in [1.82, 2.24) is 19.2 Å². The van der Waals surface area contributed by atoms with Crippen molar-refractivity contribution in [3.8, 4) is 17.6 Å². The van der Waals surface area contributed by atoms with Crippen molar-refractivity contribution in [1.29, 1.82) is 5.26 Å². The monoisotopic (exact) mass is 393 g/mol. The molecule has 3 heterocycles. The maximum absolute atomic E-state index is 13.0. The summed E-state index contributed by atoms with van der Waals surface area (Å²) in [4.78, 5) is 14.8. The molecule has 0 saturated heterocycles. The number of aryl methyl sites for hydroxylation is 1. The number of benzene rings is 2. The Bertz CT molecular complexity index is 1280. The third-order valence-corrected chi connectivity index (χ3v) is 5.37. The lowest BCUT2D eigenvalue weighted by Crippen LogP contribution is -2.26. The number of amides is 1. The minimum Gasteiger partial charge on any atom is -0.328 e. The Morgan fingerprint density at radius 2 is 1.80 bits per heavy atom. The molecular formula is C24H19N5O. The SMILES string of the molecule is Cc1cccc(-n2nc3c(c2-n2cccc2)CN(C(=O)c2ccc(C#N)cc2)C3)c1. The fourth-order valence-electron chi connectivity index (χ4n) is 3.90. The molecule has 1 amide bonds. The average molecular weight is 393 g/mol. The lowest BCUT2D eigenvalue weighted by Gasteiger charge is -2.18. The summed E-state index contributed by atoms with van der Waals surface area (Å²) < 4.78 is 4.01. The van der Waals surface area contributed by atoms with Gasteiger partial charge in [-0.1, -0.05) is 12.1 Å². The molecule has 0 bridgehead atoms. The molecule has 0 saturated carbocycles. The van der Waals surface area contributed by atoms with Gasteiger partial charge in [0.25, 0.3) is 5.91 Å². The topological polar surface area (TPSA) is 66.8 Å². The summed E-state index contributed by atoms with van der Waals surface area (Å²) in [6.45, 7) is 3.02. The van der Waals surface area contributed by atoms with Gasteiger partial charge in [-0.2, -0.15) is 10.4 Å². The number of fused-ring (bicyclic) bond motifs is 1. The van der Waals surface area contributed by atoms with E-state index in [2.05, 4.69) is 25.1 Å². The largest absolute Gasteiger partial charge is 0.328 e. The molecule has 1 aliphatic rings. The van der Waals surface area contributed by atoms with E-state index in [1.165, 1.54) is 5.56 Å². The second-order valence-corrected chi connectivity index (χ2v) is 7.44. The standard InChI is InChI=1S/C24H19N5O/c1-17-5-4-6-20(13-17)29-23(27-11-2-3-12-27)21-15-28(16-22(21)26-29)24(30)19-9-7-18(14-25)8-10-19/h2-13H,15-16H2,1H3. The van der Waals surface area contributed by atoms with Crippen molar-refractivity contribution in [2.75, 3.05) is 0 Å². The highest BCUT2D eigenvalue weighted by molar-refractivity contribution is 5.94. The Morgan fingerprint density at radius 3 is 2.50 bits per heavy atom. The van der Waals surface area contributed by atoms with Crippen LogP contribution >= 0.6 is 0 Å². The maximum atomic E-state index is 13.0. The molecule has 0 radical (unpaired) electrons. The number of nitriles is 1. The molecule has 6 heteroatoms. The Morgan fingerprint density at radius 1 is 1.03 bits per heavy atom. The number of nitrogens with zero attached hydrogens (tertiary/aromatic N) is 5. The van der Waals surface area contributed by atoms with Crippen LogP contribution in [0.3, 0.4) is 0 Å². The van der Waals surface area contributed by atoms with Gasteiger partial charge >= 0.3 is 0 Å². The predicted molar refractivity (Wildman–Crippen MR) is 112 cm³/mol. The van der Waals surface area contributed by atoms with E-state index in [1.807, 2.05) is 45.9 Å². The van der Waals surface area contributed by atoms with Crippen molar-refractivity contribution in [3.05, 3.63) is 101 Å². The van der Waals surface area contributed by atoms with Gasteiger partial charge in [-0.05, 0) is 61.0 Å². The molecule has 4 aromatic rings. The molecule has 0 unspecified atom stereocenters. The third-order valence-electron chi connectivity index (χ3n) is 5.37. The molecule has 0 atom stereocenters. The van der Waals surface area contributed by atoms with E-state index >= 15 is 0 Å². The fourth-order valence-corrected chi connectivity index (χ4v) is 3.90. The average Bonchev–Trinajstić information content (AvgIpc) is 3.49. The first-order valence-corrected chi connectivity index (χ1v) is 9.74. The van der Waals surface area contributed by atoms with Gasteiger partial charge in [0.2, 0.25) is 0 Å². The highest BCUT2D eigenvalue weighted by Gasteiger charge is 2.31. The molecule has 2 aromatic heterocycles. The van der Waals surface area contributed by atoms with Crippen LogP contribution in [0.25, 0.3) is 11.5 Å². The van der Waals surface area contributed by atoms with Crippen LogP contribution in [0.15, 0.2) is 73.1 Å². The van der Waals surface area contributed by atoms with Crippen molar-refractivity contribution < 1.29 is 4.79 Å². The molecule has 2 aromatic carbocycles. The molecule has 5 rings (SSSR count). The number of carbonyl (C=O) groups is 1. The van der Waals surface area contributed by atoms with Gasteiger partial charge < -0.3 is 9.47 Å². The van der Waals surface area contributed by atoms with Gasteiger partial charge in [0.05, 0.1) is 36.1 Å². The lowest BCUT2D eigenvalue weighted by atomic mass is 10.1. The summed E-state index contributed by atoms with van der Waals surface area (Å²) in [6.07, 6.45) is 3.99. The number of rotatable bonds is 3. The zero-order chi connectivity index (χ0) is 20.7. The molecule has 0 spiro atoms. The van der Waals surface area contributed by atoms with Crippen LogP contribution < -0.4 is 0 Å². The van der Waals surface area contributed by atoms with Crippen LogP contribution in [0.5, 0.6) is 0 Å². The number of carbonyl (C=O) groups excluding carboxylic acids is 1. The van der Waals surface area contributed by atoms with E-state index in [0.29, 0.717) is 24.2 Å². The van der Waals surface area contributed by atoms with Gasteiger partial charge in [0.1, 0.15) is 5.82 Å². The van der Waals surface area contributed by atoms with E-state index in [1.54, 1.807) is 29.2 Å². The second kappa shape index (κ2) is 7.05. The van der Waals surface area contributed by atoms with Crippen molar-refractivity contribution in [2.24, 2.45) is 0 Å². The Labute approximate surface area is 174 Å². The van der Waals surface area contributed by atoms with Gasteiger partial charge in [0.15, 0.2) is 0 Å². The quantitative estimate of drug-likeness (QED) is 0.528. The molecular weight excluding hydrogens is 374 g/mol. The number of hydrogen-bond acceptors (Lipinski definition) is 3. The van der Waals surface area contributed by atoms with Crippen LogP contribution in [0.2, 0.25) is 0 Å². The maximum Gasteiger partial charge on any atom is 0.254 e. The summed E-state index contributed by atoms with van der Waals surface area (Å²) in [5.74, 6) is 0.897. The van der Waals surface area contributed by atoms with Crippen LogP contribution in [0.1, 0.15) is 32.7 Å². The van der Waals surface area contributed by atoms with E-state index in [9.17, 15) is 4.79 Å². The minimum absolute atomic E-state index is 0.0574. The molecule has 6 nitrogen and oxygen atoms in total. The van der Waals surface area contributed by atoms with E-state index in [4.69, 9.17) is 10.4 Å². The molecule has 30 heavy (non-hydrogen) atoms. The Hall–Kier alpha value is -4.11. The third kappa shape index (κ3) is 2.97. The first-order chi connectivity index (χ1) is 14.6. The van der Waals surface area contributed by atoms with E-state index in [0.717, 1.165) is 22.8 Å². The summed E-state index contributed by atoms with van der Waals surface area (Å²) in [5.41, 5.74) is 5.24. The smallest absolute Gasteiger partial charge is 0.254 e. The minimum atomic E-state index is -0.0574. The molecule has 0 fully saturated rings. The number of aromatic nitrogens is 3. The zero-order valence-electron chi connectivity index (χ0n) is 16.5. The van der Waals surface area contributed by atoms with Crippen molar-refractivity contribution in [3.63, 3.8) is 0 Å². The molecule has 1 aliphatic heterocycles. The first-order valence-electron chi connectivity index (χ1n) is 9.74. The summed E-state index contributed by atoms with van der Waals surface area (Å²) >= 11 is 0. The fraction of sp³-hybridized carbons (Fsp3) is 0.125. The van der Waals surface area contributed by atoms with E-state index in [-0.39, 0.29) is 5.91 Å². The predicted octanol–water partition coefficient (Wildman–Crippen LogP) is 4.00. The summed E-state index contributed by atoms with van der Waals surface area (Å²) in [7, 11) is 0. The first kappa shape index (κ1) is 18.0. The summed E-state index contributed by atoms with van der Waals surface area (Å²) in [6, 6.07) is 21.0. The van der Waals surface area contributed by atoms with Crippen molar-refractivity contribution in [2.45, 2.75) is 20.0 Å². The van der Waals surface area contributed by atoms with Crippen LogP contribution in [-0.2, 0) is 13.1 Å². The normalized spacial score (nSPS) is 12.6. The lowest BCUT2D eigenvalue weighted by molar-refractivity contribution is 0.0749. The highest BCUT2D eigenvalue weighted by atomic mass is 16.2. The Balaban J connectivity index is 1.52. The van der Waals surface area contributed by atoms with Gasteiger partial charge in [-0.3, -0.25) is 4.79 Å². The number of hydrogen-bond donors (Lipinski definition) is 0. The second-order valence-electron chi connectivity index (χ2n) is 7.44. The molecule has 0 N–H and O–H groups in total. The van der Waals surface area contributed by atoms with Crippen LogP contribution in [0, 0.1) is 18.3 Å². The van der Waals surface area contributed by atoms with E-state index < -0.39 is 0 Å². The molecule has 146 valence electrons. The van der Waals surface area contributed by atoms with Crippen LogP contribution in [0.4, 0.5) is 0 Å². The van der Waals surface area contributed by atoms with Crippen LogP contribution in [-0.4, -0.2) is 25.2 Å². The van der Waals surface area contributed by atoms with Gasteiger partial charge in [-0.15, -0.1) is 0 Å². The van der Waals surface area contributed by atoms with Crippen molar-refractivity contribution >= 4 is 5.91 Å². The Kier molecular flexibility index (Phi) is 4.22. The van der Waals surface area contributed by atoms with Gasteiger partial charge in [0, 0.05) is 23.5 Å². The zero-order valence-corrected chi connectivity index (χ0v) is 16.5.